The standard InChI is InChI=1S/C18H13FN2O4/c19-15-3-1-2-4-16(15)21-18(24)13(10-20)9-12-5-7-14(8-6-12)25-11-17(22)23/h1-9H,11H2,(H,21,24)(H,22,23). The fourth-order valence-corrected chi connectivity index (χ4v) is 1.87. The number of para-hydroxylation sites is 1. The van der Waals surface area contributed by atoms with Crippen molar-refractivity contribution in [2.75, 3.05) is 11.9 Å². The number of carbonyl (C=O) groups is 2. The summed E-state index contributed by atoms with van der Waals surface area (Å²) in [7, 11) is 0. The molecule has 0 saturated carbocycles. The molecule has 126 valence electrons. The number of nitrogens with one attached hydrogen (secondary N) is 1. The Hall–Kier alpha value is -3.66. The topological polar surface area (TPSA) is 99.4 Å². The van der Waals surface area contributed by atoms with Gasteiger partial charge in [0.25, 0.3) is 5.91 Å². The Morgan fingerprint density at radius 3 is 2.48 bits per heavy atom. The number of benzene rings is 2. The van der Waals surface area contributed by atoms with E-state index in [1.54, 1.807) is 24.3 Å². The maximum Gasteiger partial charge on any atom is 0.341 e. The average molecular weight is 340 g/mol. The normalized spacial score (nSPS) is 10.6. The van der Waals surface area contributed by atoms with Crippen molar-refractivity contribution in [1.82, 2.24) is 0 Å². The van der Waals surface area contributed by atoms with E-state index in [1.165, 1.54) is 36.4 Å². The van der Waals surface area contributed by atoms with E-state index in [1.807, 2.05) is 0 Å². The largest absolute Gasteiger partial charge is 0.482 e. The van der Waals surface area contributed by atoms with Crippen LogP contribution in [0.1, 0.15) is 5.56 Å². The van der Waals surface area contributed by atoms with Gasteiger partial charge in [-0.15, -0.1) is 0 Å². The van der Waals surface area contributed by atoms with Gasteiger partial charge in [0.2, 0.25) is 0 Å². The highest BCUT2D eigenvalue weighted by atomic mass is 19.1. The van der Waals surface area contributed by atoms with E-state index in [0.29, 0.717) is 11.3 Å². The molecule has 0 aromatic heterocycles. The van der Waals surface area contributed by atoms with Gasteiger partial charge in [0.1, 0.15) is 23.2 Å². The van der Waals surface area contributed by atoms with Crippen LogP contribution in [0.15, 0.2) is 54.1 Å². The molecule has 0 unspecified atom stereocenters. The molecular weight excluding hydrogens is 327 g/mol. The monoisotopic (exact) mass is 340 g/mol. The summed E-state index contributed by atoms with van der Waals surface area (Å²) < 4.78 is 18.5. The van der Waals surface area contributed by atoms with Gasteiger partial charge in [0.15, 0.2) is 6.61 Å². The molecular formula is C18H13FN2O4. The van der Waals surface area contributed by atoms with E-state index in [-0.39, 0.29) is 11.3 Å². The number of aliphatic carboxylic acids is 1. The fourth-order valence-electron chi connectivity index (χ4n) is 1.87. The molecule has 0 atom stereocenters. The van der Waals surface area contributed by atoms with Crippen LogP contribution in [0.5, 0.6) is 5.75 Å². The molecule has 0 spiro atoms. The summed E-state index contributed by atoms with van der Waals surface area (Å²) in [5, 5.41) is 20.0. The lowest BCUT2D eigenvalue weighted by Crippen LogP contribution is -2.14. The van der Waals surface area contributed by atoms with Gasteiger partial charge in [0.05, 0.1) is 5.69 Å². The van der Waals surface area contributed by atoms with Crippen LogP contribution in [0.3, 0.4) is 0 Å². The smallest absolute Gasteiger partial charge is 0.341 e. The number of halogens is 1. The number of carboxylic acids is 1. The Labute approximate surface area is 142 Å². The van der Waals surface area contributed by atoms with Gasteiger partial charge < -0.3 is 15.2 Å². The Morgan fingerprint density at radius 2 is 1.88 bits per heavy atom. The zero-order chi connectivity index (χ0) is 18.2. The molecule has 2 rings (SSSR count). The van der Waals surface area contributed by atoms with E-state index in [2.05, 4.69) is 5.32 Å². The first-order valence-electron chi connectivity index (χ1n) is 7.12. The molecule has 0 heterocycles. The minimum absolute atomic E-state index is 0.0222. The highest BCUT2D eigenvalue weighted by molar-refractivity contribution is 6.09. The summed E-state index contributed by atoms with van der Waals surface area (Å²) in [6.45, 7) is -0.469. The zero-order valence-electron chi connectivity index (χ0n) is 12.9. The summed E-state index contributed by atoms with van der Waals surface area (Å²) in [5.74, 6) is -2.10. The first-order valence-corrected chi connectivity index (χ1v) is 7.12. The van der Waals surface area contributed by atoms with Gasteiger partial charge in [0, 0.05) is 0 Å². The number of rotatable bonds is 6. The molecule has 0 aliphatic rings. The lowest BCUT2D eigenvalue weighted by atomic mass is 10.1. The number of hydrogen-bond acceptors (Lipinski definition) is 4. The number of carbonyl (C=O) groups excluding carboxylic acids is 1. The van der Waals surface area contributed by atoms with Gasteiger partial charge in [-0.1, -0.05) is 24.3 Å². The number of carboxylic acid groups (broad SMARTS) is 1. The molecule has 2 aromatic carbocycles. The van der Waals surface area contributed by atoms with E-state index in [0.717, 1.165) is 0 Å². The second-order valence-corrected chi connectivity index (χ2v) is 4.86. The molecule has 0 fully saturated rings. The molecule has 0 aliphatic heterocycles. The van der Waals surface area contributed by atoms with Crippen molar-refractivity contribution in [1.29, 1.82) is 5.26 Å². The van der Waals surface area contributed by atoms with Crippen LogP contribution in [0.2, 0.25) is 0 Å². The third-order valence-corrected chi connectivity index (χ3v) is 3.04. The second-order valence-electron chi connectivity index (χ2n) is 4.86. The molecule has 0 radical (unpaired) electrons. The minimum Gasteiger partial charge on any atom is -0.482 e. The Morgan fingerprint density at radius 1 is 1.20 bits per heavy atom. The predicted octanol–water partition coefficient (Wildman–Crippen LogP) is 2.83. The number of amides is 1. The minimum atomic E-state index is -1.10. The van der Waals surface area contributed by atoms with Crippen molar-refractivity contribution in [3.63, 3.8) is 0 Å². The average Bonchev–Trinajstić information content (AvgIpc) is 2.60. The van der Waals surface area contributed by atoms with Crippen LogP contribution in [0, 0.1) is 17.1 Å². The molecule has 7 heteroatoms. The molecule has 2 aromatic rings. The van der Waals surface area contributed by atoms with Crippen LogP contribution < -0.4 is 10.1 Å². The van der Waals surface area contributed by atoms with Crippen LogP contribution in [-0.2, 0) is 9.59 Å². The molecule has 2 N–H and O–H groups in total. The summed E-state index contributed by atoms with van der Waals surface area (Å²) >= 11 is 0. The second kappa shape index (κ2) is 8.26. The number of nitrogens with zero attached hydrogens (tertiary/aromatic N) is 1. The van der Waals surface area contributed by atoms with E-state index in [9.17, 15) is 14.0 Å². The predicted molar refractivity (Wildman–Crippen MR) is 88.2 cm³/mol. The highest BCUT2D eigenvalue weighted by Gasteiger charge is 2.11. The van der Waals surface area contributed by atoms with Crippen LogP contribution >= 0.6 is 0 Å². The van der Waals surface area contributed by atoms with Gasteiger partial charge >= 0.3 is 5.97 Å². The SMILES string of the molecule is N#CC(=Cc1ccc(OCC(=O)O)cc1)C(=O)Nc1ccccc1F. The molecule has 25 heavy (non-hydrogen) atoms. The Bertz CT molecular complexity index is 854. The van der Waals surface area contributed by atoms with Gasteiger partial charge in [-0.05, 0) is 35.9 Å². The summed E-state index contributed by atoms with van der Waals surface area (Å²) in [4.78, 5) is 22.5. The highest BCUT2D eigenvalue weighted by Crippen LogP contribution is 2.17. The summed E-state index contributed by atoms with van der Waals surface area (Å²) in [6, 6.07) is 13.5. The van der Waals surface area contributed by atoms with E-state index < -0.39 is 24.3 Å². The van der Waals surface area contributed by atoms with Crippen LogP contribution in [-0.4, -0.2) is 23.6 Å². The first kappa shape index (κ1) is 17.7. The van der Waals surface area contributed by atoms with Gasteiger partial charge in [-0.3, -0.25) is 4.79 Å². The van der Waals surface area contributed by atoms with Crippen molar-refractivity contribution >= 4 is 23.6 Å². The summed E-state index contributed by atoms with van der Waals surface area (Å²) in [5.41, 5.74) is 0.302. The quantitative estimate of drug-likeness (QED) is 0.622. The van der Waals surface area contributed by atoms with E-state index in [4.69, 9.17) is 15.1 Å². The lowest BCUT2D eigenvalue weighted by molar-refractivity contribution is -0.139. The maximum atomic E-state index is 13.5. The Balaban J connectivity index is 2.11. The van der Waals surface area contributed by atoms with Crippen LogP contribution in [0.25, 0.3) is 6.08 Å². The molecule has 0 saturated heterocycles. The number of ether oxygens (including phenoxy) is 1. The maximum absolute atomic E-state index is 13.5. The van der Waals surface area contributed by atoms with Gasteiger partial charge in [-0.25, -0.2) is 9.18 Å². The third kappa shape index (κ3) is 5.18. The van der Waals surface area contributed by atoms with Crippen LogP contribution in [0.4, 0.5) is 10.1 Å². The number of anilines is 1. The lowest BCUT2D eigenvalue weighted by Gasteiger charge is -2.06. The Kier molecular flexibility index (Phi) is 5.85. The molecule has 0 bridgehead atoms. The molecule has 0 aliphatic carbocycles. The van der Waals surface area contributed by atoms with Crippen molar-refractivity contribution in [2.45, 2.75) is 0 Å². The van der Waals surface area contributed by atoms with Crippen molar-refractivity contribution < 1.29 is 23.8 Å². The van der Waals surface area contributed by atoms with E-state index >= 15 is 0 Å². The van der Waals surface area contributed by atoms with Crippen molar-refractivity contribution in [3.05, 3.63) is 65.5 Å². The third-order valence-electron chi connectivity index (χ3n) is 3.04. The first-order chi connectivity index (χ1) is 12.0. The molecule has 6 nitrogen and oxygen atoms in total. The molecule has 1 amide bonds. The fraction of sp³-hybridized carbons (Fsp3) is 0.0556. The zero-order valence-corrected chi connectivity index (χ0v) is 12.9. The number of nitriles is 1. The number of hydrogen-bond donors (Lipinski definition) is 2. The van der Waals surface area contributed by atoms with Gasteiger partial charge in [-0.2, -0.15) is 5.26 Å². The summed E-state index contributed by atoms with van der Waals surface area (Å²) in [6.07, 6.45) is 1.33. The van der Waals surface area contributed by atoms with Crippen molar-refractivity contribution in [2.24, 2.45) is 0 Å². The van der Waals surface area contributed by atoms with Crippen molar-refractivity contribution in [3.8, 4) is 11.8 Å².